The third-order valence-corrected chi connectivity index (χ3v) is 4.24. The van der Waals surface area contributed by atoms with E-state index in [1.165, 1.54) is 12.1 Å². The van der Waals surface area contributed by atoms with Gasteiger partial charge in [0.05, 0.1) is 6.42 Å². The van der Waals surface area contributed by atoms with Gasteiger partial charge >= 0.3 is 5.97 Å². The van der Waals surface area contributed by atoms with Crippen molar-refractivity contribution in [1.82, 2.24) is 0 Å². The fourth-order valence-electron chi connectivity index (χ4n) is 3.10. The molecular weight excluding hydrogens is 285 g/mol. The van der Waals surface area contributed by atoms with Crippen molar-refractivity contribution in [3.63, 3.8) is 0 Å². The summed E-state index contributed by atoms with van der Waals surface area (Å²) in [5.41, 5.74) is 0.654. The second-order valence-corrected chi connectivity index (χ2v) is 6.82. The Kier molecular flexibility index (Phi) is 4.84. The Morgan fingerprint density at radius 3 is 2.73 bits per heavy atom. The highest BCUT2D eigenvalue weighted by atomic mass is 19.1. The SMILES string of the molecule is CC1(C)CCCC(C(=O)Nc2ccc(CC(=O)O)c(F)c2)C1. The lowest BCUT2D eigenvalue weighted by atomic mass is 9.72. The van der Waals surface area contributed by atoms with Gasteiger partial charge in [-0.05, 0) is 42.4 Å². The third kappa shape index (κ3) is 4.29. The quantitative estimate of drug-likeness (QED) is 0.893. The molecule has 1 saturated carbocycles. The molecule has 0 aromatic heterocycles. The summed E-state index contributed by atoms with van der Waals surface area (Å²) in [7, 11) is 0. The number of aliphatic carboxylic acids is 1. The molecule has 0 heterocycles. The molecule has 0 aliphatic heterocycles. The molecule has 2 N–H and O–H groups in total. The Morgan fingerprint density at radius 2 is 2.14 bits per heavy atom. The summed E-state index contributed by atoms with van der Waals surface area (Å²) in [5, 5.41) is 11.4. The highest BCUT2D eigenvalue weighted by Gasteiger charge is 2.32. The van der Waals surface area contributed by atoms with Crippen molar-refractivity contribution in [2.75, 3.05) is 5.32 Å². The smallest absolute Gasteiger partial charge is 0.307 e. The number of carboxylic acid groups (broad SMARTS) is 1. The maximum absolute atomic E-state index is 13.8. The highest BCUT2D eigenvalue weighted by molar-refractivity contribution is 5.92. The summed E-state index contributed by atoms with van der Waals surface area (Å²) < 4.78 is 13.8. The fraction of sp³-hybridized carbons (Fsp3) is 0.529. The van der Waals surface area contributed by atoms with Gasteiger partial charge in [0.25, 0.3) is 0 Å². The van der Waals surface area contributed by atoms with Crippen LogP contribution in [0.15, 0.2) is 18.2 Å². The van der Waals surface area contributed by atoms with Crippen molar-refractivity contribution in [3.8, 4) is 0 Å². The lowest BCUT2D eigenvalue weighted by Crippen LogP contribution is -2.31. The number of hydrogen-bond donors (Lipinski definition) is 2. The molecule has 0 bridgehead atoms. The Labute approximate surface area is 129 Å². The van der Waals surface area contributed by atoms with Crippen molar-refractivity contribution < 1.29 is 19.1 Å². The average molecular weight is 307 g/mol. The van der Waals surface area contributed by atoms with Crippen molar-refractivity contribution in [1.29, 1.82) is 0 Å². The van der Waals surface area contributed by atoms with Crippen LogP contribution in [0.5, 0.6) is 0 Å². The molecule has 4 nitrogen and oxygen atoms in total. The summed E-state index contributed by atoms with van der Waals surface area (Å²) in [6.45, 7) is 4.32. The molecule has 1 aliphatic carbocycles. The van der Waals surface area contributed by atoms with Gasteiger partial charge in [-0.2, -0.15) is 0 Å². The number of halogens is 1. The van der Waals surface area contributed by atoms with Gasteiger partial charge in [0, 0.05) is 11.6 Å². The zero-order chi connectivity index (χ0) is 16.3. The first-order valence-corrected chi connectivity index (χ1v) is 7.58. The van der Waals surface area contributed by atoms with Gasteiger partial charge < -0.3 is 10.4 Å². The normalized spacial score (nSPS) is 20.4. The summed E-state index contributed by atoms with van der Waals surface area (Å²) in [6, 6.07) is 4.14. The number of amides is 1. The molecule has 1 aromatic rings. The Balaban J connectivity index is 2.02. The molecule has 120 valence electrons. The average Bonchev–Trinajstić information content (AvgIpc) is 2.40. The largest absolute Gasteiger partial charge is 0.481 e. The minimum Gasteiger partial charge on any atom is -0.481 e. The number of carbonyl (C=O) groups is 2. The molecule has 1 fully saturated rings. The van der Waals surface area contributed by atoms with E-state index in [0.717, 1.165) is 25.7 Å². The van der Waals surface area contributed by atoms with Gasteiger partial charge in [0.1, 0.15) is 5.82 Å². The zero-order valence-corrected chi connectivity index (χ0v) is 13.0. The standard InChI is InChI=1S/C17H22FNO3/c1-17(2)7-3-4-12(10-17)16(22)19-13-6-5-11(8-15(20)21)14(18)9-13/h5-6,9,12H,3-4,7-8,10H2,1-2H3,(H,19,22)(H,20,21). The van der Waals surface area contributed by atoms with Crippen LogP contribution in [0.3, 0.4) is 0 Å². The molecule has 1 amide bonds. The second kappa shape index (κ2) is 6.46. The Hall–Kier alpha value is -1.91. The van der Waals surface area contributed by atoms with Gasteiger partial charge in [-0.3, -0.25) is 9.59 Å². The van der Waals surface area contributed by atoms with Crippen LogP contribution in [-0.4, -0.2) is 17.0 Å². The minimum absolute atomic E-state index is 0.0505. The second-order valence-electron chi connectivity index (χ2n) is 6.82. The van der Waals surface area contributed by atoms with E-state index in [0.29, 0.717) is 5.69 Å². The highest BCUT2D eigenvalue weighted by Crippen LogP contribution is 2.38. The van der Waals surface area contributed by atoms with Crippen molar-refractivity contribution in [2.24, 2.45) is 11.3 Å². The molecule has 1 atom stereocenters. The minimum atomic E-state index is -1.08. The number of nitrogens with one attached hydrogen (secondary N) is 1. The van der Waals surface area contributed by atoms with Gasteiger partial charge in [-0.1, -0.05) is 26.3 Å². The Bertz CT molecular complexity index is 583. The monoisotopic (exact) mass is 307 g/mol. The number of rotatable bonds is 4. The molecule has 2 rings (SSSR count). The predicted octanol–water partition coefficient (Wildman–Crippen LogP) is 3.61. The molecule has 22 heavy (non-hydrogen) atoms. The van der Waals surface area contributed by atoms with Crippen LogP contribution in [0.2, 0.25) is 0 Å². The maximum Gasteiger partial charge on any atom is 0.307 e. The van der Waals surface area contributed by atoms with E-state index >= 15 is 0 Å². The summed E-state index contributed by atoms with van der Waals surface area (Å²) in [5.74, 6) is -1.83. The summed E-state index contributed by atoms with van der Waals surface area (Å²) in [6.07, 6.45) is 3.47. The van der Waals surface area contributed by atoms with E-state index in [1.54, 1.807) is 6.07 Å². The van der Waals surface area contributed by atoms with E-state index in [9.17, 15) is 14.0 Å². The number of hydrogen-bond acceptors (Lipinski definition) is 2. The molecule has 0 saturated heterocycles. The van der Waals surface area contributed by atoms with Crippen LogP contribution in [-0.2, 0) is 16.0 Å². The van der Waals surface area contributed by atoms with E-state index in [1.807, 2.05) is 0 Å². The third-order valence-electron chi connectivity index (χ3n) is 4.24. The van der Waals surface area contributed by atoms with E-state index < -0.39 is 11.8 Å². The van der Waals surface area contributed by atoms with Crippen LogP contribution >= 0.6 is 0 Å². The van der Waals surface area contributed by atoms with Gasteiger partial charge in [0.15, 0.2) is 0 Å². The van der Waals surface area contributed by atoms with Crippen LogP contribution < -0.4 is 5.32 Å². The molecule has 0 radical (unpaired) electrons. The van der Waals surface area contributed by atoms with Crippen molar-refractivity contribution in [3.05, 3.63) is 29.6 Å². The van der Waals surface area contributed by atoms with Crippen LogP contribution in [0.4, 0.5) is 10.1 Å². The van der Waals surface area contributed by atoms with Crippen LogP contribution in [0, 0.1) is 17.2 Å². The van der Waals surface area contributed by atoms with E-state index in [2.05, 4.69) is 19.2 Å². The first-order chi connectivity index (χ1) is 10.3. The van der Waals surface area contributed by atoms with Crippen LogP contribution in [0.25, 0.3) is 0 Å². The number of carbonyl (C=O) groups excluding carboxylic acids is 1. The number of benzene rings is 1. The first-order valence-electron chi connectivity index (χ1n) is 7.58. The van der Waals surface area contributed by atoms with E-state index in [4.69, 9.17) is 5.11 Å². The summed E-state index contributed by atoms with van der Waals surface area (Å²) in [4.78, 5) is 22.9. The molecule has 1 aliphatic rings. The molecule has 5 heteroatoms. The lowest BCUT2D eigenvalue weighted by molar-refractivity contribution is -0.136. The number of carboxylic acids is 1. The van der Waals surface area contributed by atoms with E-state index in [-0.39, 0.29) is 29.2 Å². The maximum atomic E-state index is 13.8. The number of anilines is 1. The van der Waals surface area contributed by atoms with Gasteiger partial charge in [0.2, 0.25) is 5.91 Å². The first kappa shape index (κ1) is 16.5. The molecule has 1 unspecified atom stereocenters. The topological polar surface area (TPSA) is 66.4 Å². The van der Waals surface area contributed by atoms with Gasteiger partial charge in [-0.15, -0.1) is 0 Å². The molecule has 1 aromatic carbocycles. The zero-order valence-electron chi connectivity index (χ0n) is 13.0. The lowest BCUT2D eigenvalue weighted by Gasteiger charge is -2.34. The molecular formula is C17H22FNO3. The van der Waals surface area contributed by atoms with Crippen LogP contribution in [0.1, 0.15) is 45.1 Å². The van der Waals surface area contributed by atoms with Crippen molar-refractivity contribution >= 4 is 17.6 Å². The Morgan fingerprint density at radius 1 is 1.41 bits per heavy atom. The van der Waals surface area contributed by atoms with Gasteiger partial charge in [-0.25, -0.2) is 4.39 Å². The predicted molar refractivity (Wildman–Crippen MR) is 82.1 cm³/mol. The molecule has 0 spiro atoms. The summed E-state index contributed by atoms with van der Waals surface area (Å²) >= 11 is 0. The fourth-order valence-corrected chi connectivity index (χ4v) is 3.10. The van der Waals surface area contributed by atoms with Crippen molar-refractivity contribution in [2.45, 2.75) is 46.0 Å².